The number of aromatic nitrogens is 3. The van der Waals surface area contributed by atoms with Crippen LogP contribution in [-0.2, 0) is 6.54 Å². The molecular formula is C20H23N5. The number of fused-ring (bicyclic) bond motifs is 1. The van der Waals surface area contributed by atoms with Crippen LogP contribution < -0.4 is 10.2 Å². The lowest BCUT2D eigenvalue weighted by Gasteiger charge is -2.21. The van der Waals surface area contributed by atoms with Gasteiger partial charge in [0.25, 0.3) is 0 Å². The van der Waals surface area contributed by atoms with Crippen LogP contribution in [0.2, 0.25) is 0 Å². The fraction of sp³-hybridized carbons (Fsp3) is 0.350. The predicted octanol–water partition coefficient (Wildman–Crippen LogP) is 4.02. The van der Waals surface area contributed by atoms with Gasteiger partial charge in [-0.1, -0.05) is 31.0 Å². The Morgan fingerprint density at radius 1 is 0.840 bits per heavy atom. The van der Waals surface area contributed by atoms with Crippen molar-refractivity contribution in [3.05, 3.63) is 54.4 Å². The quantitative estimate of drug-likeness (QED) is 0.781. The van der Waals surface area contributed by atoms with Crippen LogP contribution in [0.4, 0.5) is 11.6 Å². The molecule has 1 aromatic carbocycles. The summed E-state index contributed by atoms with van der Waals surface area (Å²) in [5.74, 6) is 1.88. The molecule has 1 aliphatic rings. The molecule has 5 heteroatoms. The van der Waals surface area contributed by atoms with E-state index in [1.807, 2.05) is 30.5 Å². The van der Waals surface area contributed by atoms with E-state index in [0.29, 0.717) is 6.54 Å². The van der Waals surface area contributed by atoms with Crippen LogP contribution >= 0.6 is 0 Å². The van der Waals surface area contributed by atoms with Crippen LogP contribution in [0.15, 0.2) is 48.8 Å². The van der Waals surface area contributed by atoms with E-state index in [0.717, 1.165) is 41.3 Å². The van der Waals surface area contributed by atoms with E-state index in [4.69, 9.17) is 0 Å². The van der Waals surface area contributed by atoms with Gasteiger partial charge in [-0.25, -0.2) is 9.97 Å². The summed E-state index contributed by atoms with van der Waals surface area (Å²) in [6, 6.07) is 12.2. The molecule has 3 aromatic rings. The first-order chi connectivity index (χ1) is 12.4. The zero-order valence-corrected chi connectivity index (χ0v) is 14.4. The molecular weight excluding hydrogens is 310 g/mol. The van der Waals surface area contributed by atoms with Crippen LogP contribution in [0.3, 0.4) is 0 Å². The van der Waals surface area contributed by atoms with E-state index < -0.39 is 0 Å². The first kappa shape index (κ1) is 15.8. The molecule has 1 N–H and O–H groups in total. The van der Waals surface area contributed by atoms with Gasteiger partial charge >= 0.3 is 0 Å². The van der Waals surface area contributed by atoms with Gasteiger partial charge in [-0.2, -0.15) is 0 Å². The number of pyridine rings is 1. The first-order valence-corrected chi connectivity index (χ1v) is 9.04. The number of rotatable bonds is 4. The average molecular weight is 333 g/mol. The Morgan fingerprint density at radius 2 is 1.64 bits per heavy atom. The molecule has 0 bridgehead atoms. The van der Waals surface area contributed by atoms with Gasteiger partial charge in [0.05, 0.1) is 17.2 Å². The molecule has 0 unspecified atom stereocenters. The third-order valence-electron chi connectivity index (χ3n) is 4.66. The van der Waals surface area contributed by atoms with E-state index >= 15 is 0 Å². The number of para-hydroxylation sites is 2. The van der Waals surface area contributed by atoms with Crippen LogP contribution in [0, 0.1) is 0 Å². The normalized spacial score (nSPS) is 15.1. The summed E-state index contributed by atoms with van der Waals surface area (Å²) in [4.78, 5) is 16.1. The van der Waals surface area contributed by atoms with Crippen molar-refractivity contribution < 1.29 is 0 Å². The topological polar surface area (TPSA) is 53.9 Å². The summed E-state index contributed by atoms with van der Waals surface area (Å²) < 4.78 is 0. The zero-order chi connectivity index (χ0) is 16.9. The second-order valence-electron chi connectivity index (χ2n) is 6.52. The molecule has 0 saturated carbocycles. The Morgan fingerprint density at radius 3 is 2.40 bits per heavy atom. The Hall–Kier alpha value is -2.69. The Labute approximate surface area is 148 Å². The lowest BCUT2D eigenvalue weighted by atomic mass is 10.2. The maximum atomic E-state index is 4.66. The lowest BCUT2D eigenvalue weighted by molar-refractivity contribution is 0.726. The standard InChI is InChI=1S/C20H23N5/c1-2-6-12-25(11-5-1)20-10-9-16(14-23-20)13-22-19-15-21-17-7-3-4-8-18(17)24-19/h3-4,7-10,14-15H,1-2,5-6,11-13H2,(H,22,24). The summed E-state index contributed by atoms with van der Waals surface area (Å²) in [5, 5.41) is 3.33. The molecule has 1 fully saturated rings. The summed E-state index contributed by atoms with van der Waals surface area (Å²) >= 11 is 0. The minimum atomic E-state index is 0.695. The van der Waals surface area contributed by atoms with Crippen molar-refractivity contribution in [3.8, 4) is 0 Å². The van der Waals surface area contributed by atoms with E-state index in [2.05, 4.69) is 37.3 Å². The molecule has 5 nitrogen and oxygen atoms in total. The highest BCUT2D eigenvalue weighted by Crippen LogP contribution is 2.18. The Balaban J connectivity index is 1.40. The molecule has 0 atom stereocenters. The van der Waals surface area contributed by atoms with Crippen LogP contribution in [0.25, 0.3) is 11.0 Å². The number of nitrogens with zero attached hydrogens (tertiary/aromatic N) is 4. The molecule has 2 aromatic heterocycles. The van der Waals surface area contributed by atoms with Crippen LogP contribution in [0.5, 0.6) is 0 Å². The van der Waals surface area contributed by atoms with Crippen LogP contribution in [-0.4, -0.2) is 28.0 Å². The number of nitrogens with one attached hydrogen (secondary N) is 1. The minimum Gasteiger partial charge on any atom is -0.365 e. The molecule has 0 spiro atoms. The van der Waals surface area contributed by atoms with Gasteiger partial charge in [0.2, 0.25) is 0 Å². The van der Waals surface area contributed by atoms with Crippen molar-refractivity contribution in [2.24, 2.45) is 0 Å². The fourth-order valence-corrected chi connectivity index (χ4v) is 3.24. The van der Waals surface area contributed by atoms with E-state index in [-0.39, 0.29) is 0 Å². The summed E-state index contributed by atoms with van der Waals surface area (Å²) in [7, 11) is 0. The van der Waals surface area contributed by atoms with E-state index in [1.54, 1.807) is 6.20 Å². The highest BCUT2D eigenvalue weighted by Gasteiger charge is 2.10. The van der Waals surface area contributed by atoms with E-state index in [1.165, 1.54) is 25.7 Å². The second kappa shape index (κ2) is 7.47. The maximum absolute atomic E-state index is 4.66. The van der Waals surface area contributed by atoms with Crippen molar-refractivity contribution in [1.82, 2.24) is 15.0 Å². The number of hydrogen-bond donors (Lipinski definition) is 1. The minimum absolute atomic E-state index is 0.695. The molecule has 4 rings (SSSR count). The van der Waals surface area contributed by atoms with Crippen molar-refractivity contribution in [2.75, 3.05) is 23.3 Å². The van der Waals surface area contributed by atoms with Gasteiger partial charge in [0.15, 0.2) is 0 Å². The monoisotopic (exact) mass is 333 g/mol. The molecule has 1 saturated heterocycles. The Kier molecular flexibility index (Phi) is 4.72. The fourth-order valence-electron chi connectivity index (χ4n) is 3.24. The van der Waals surface area contributed by atoms with Crippen molar-refractivity contribution in [1.29, 1.82) is 0 Å². The highest BCUT2D eigenvalue weighted by molar-refractivity contribution is 5.75. The number of hydrogen-bond acceptors (Lipinski definition) is 5. The molecule has 3 heterocycles. The zero-order valence-electron chi connectivity index (χ0n) is 14.4. The smallest absolute Gasteiger partial charge is 0.145 e. The second-order valence-corrected chi connectivity index (χ2v) is 6.52. The number of benzene rings is 1. The molecule has 0 aliphatic carbocycles. The molecule has 128 valence electrons. The van der Waals surface area contributed by atoms with Gasteiger partial charge in [-0.05, 0) is 36.6 Å². The predicted molar refractivity (Wildman–Crippen MR) is 102 cm³/mol. The summed E-state index contributed by atoms with van der Waals surface area (Å²) in [6.07, 6.45) is 8.96. The van der Waals surface area contributed by atoms with Crippen molar-refractivity contribution in [2.45, 2.75) is 32.2 Å². The largest absolute Gasteiger partial charge is 0.365 e. The van der Waals surface area contributed by atoms with Crippen LogP contribution in [0.1, 0.15) is 31.2 Å². The molecule has 0 radical (unpaired) electrons. The number of anilines is 2. The molecule has 0 amide bonds. The summed E-state index contributed by atoms with van der Waals surface area (Å²) in [6.45, 7) is 2.94. The van der Waals surface area contributed by atoms with Gasteiger partial charge in [-0.15, -0.1) is 0 Å². The first-order valence-electron chi connectivity index (χ1n) is 9.04. The summed E-state index contributed by atoms with van der Waals surface area (Å²) in [5.41, 5.74) is 2.96. The van der Waals surface area contributed by atoms with Gasteiger partial charge in [0.1, 0.15) is 11.6 Å². The van der Waals surface area contributed by atoms with Gasteiger partial charge in [0, 0.05) is 25.8 Å². The maximum Gasteiger partial charge on any atom is 0.145 e. The van der Waals surface area contributed by atoms with Crippen molar-refractivity contribution >= 4 is 22.7 Å². The SMILES string of the molecule is c1ccc2nc(NCc3ccc(N4CCCCCC4)nc3)cnc2c1. The van der Waals surface area contributed by atoms with E-state index in [9.17, 15) is 0 Å². The van der Waals surface area contributed by atoms with Gasteiger partial charge in [-0.3, -0.25) is 4.98 Å². The molecule has 1 aliphatic heterocycles. The molecule has 25 heavy (non-hydrogen) atoms. The average Bonchev–Trinajstić information content (AvgIpc) is 2.96. The Bertz CT molecular complexity index is 823. The third kappa shape index (κ3) is 3.87. The van der Waals surface area contributed by atoms with Crippen molar-refractivity contribution in [3.63, 3.8) is 0 Å². The highest BCUT2D eigenvalue weighted by atomic mass is 15.2. The third-order valence-corrected chi connectivity index (χ3v) is 4.66. The lowest BCUT2D eigenvalue weighted by Crippen LogP contribution is -2.24. The van der Waals surface area contributed by atoms with Gasteiger partial charge < -0.3 is 10.2 Å².